The van der Waals surface area contributed by atoms with Gasteiger partial charge in [-0.3, -0.25) is 14.7 Å². The molecular formula is C31H36N6O6S. The first-order valence-corrected chi connectivity index (χ1v) is 15.7. The zero-order chi connectivity index (χ0) is 30.3. The molecule has 2 N–H and O–H groups in total. The largest absolute Gasteiger partial charge is 0.493 e. The number of aliphatic hydroxyl groups is 1. The number of hydrogen-bond acceptors (Lipinski definition) is 12. The van der Waals surface area contributed by atoms with Crippen LogP contribution in [0.2, 0.25) is 0 Å². The number of ether oxygens (including phenoxy) is 4. The highest BCUT2D eigenvalue weighted by molar-refractivity contribution is 7.14. The average molecular weight is 621 g/mol. The first kappa shape index (κ1) is 30.0. The van der Waals surface area contributed by atoms with Crippen LogP contribution in [0.15, 0.2) is 48.1 Å². The number of nitrogens with zero attached hydrogens (tertiary/aromatic N) is 5. The third-order valence-electron chi connectivity index (χ3n) is 7.63. The van der Waals surface area contributed by atoms with E-state index in [4.69, 9.17) is 18.9 Å². The number of pyridine rings is 2. The fourth-order valence-corrected chi connectivity index (χ4v) is 6.04. The van der Waals surface area contributed by atoms with Crippen molar-refractivity contribution in [1.29, 1.82) is 0 Å². The Labute approximate surface area is 259 Å². The van der Waals surface area contributed by atoms with Crippen molar-refractivity contribution in [3.8, 4) is 23.0 Å². The highest BCUT2D eigenvalue weighted by atomic mass is 32.1. The number of methoxy groups -OCH3 is 1. The van der Waals surface area contributed by atoms with Gasteiger partial charge in [0.15, 0.2) is 16.6 Å². The normalized spacial score (nSPS) is 16.2. The van der Waals surface area contributed by atoms with E-state index in [2.05, 4.69) is 30.1 Å². The monoisotopic (exact) mass is 620 g/mol. The minimum absolute atomic E-state index is 0.263. The molecule has 0 saturated carbocycles. The molecule has 4 aromatic rings. The van der Waals surface area contributed by atoms with E-state index in [0.29, 0.717) is 59.5 Å². The summed E-state index contributed by atoms with van der Waals surface area (Å²) >= 11 is 1.42. The van der Waals surface area contributed by atoms with Gasteiger partial charge in [0.1, 0.15) is 23.0 Å². The molecule has 0 bridgehead atoms. The van der Waals surface area contributed by atoms with Crippen molar-refractivity contribution in [2.75, 3.05) is 69.9 Å². The van der Waals surface area contributed by atoms with Crippen molar-refractivity contribution in [3.05, 3.63) is 53.8 Å². The first-order valence-electron chi connectivity index (χ1n) is 14.8. The van der Waals surface area contributed by atoms with Gasteiger partial charge in [-0.15, -0.1) is 11.3 Å². The van der Waals surface area contributed by atoms with Crippen molar-refractivity contribution in [3.63, 3.8) is 0 Å². The van der Waals surface area contributed by atoms with Crippen LogP contribution in [0.4, 0.5) is 10.9 Å². The highest BCUT2D eigenvalue weighted by Crippen LogP contribution is 2.37. The molecule has 3 aromatic heterocycles. The van der Waals surface area contributed by atoms with E-state index in [1.54, 1.807) is 43.1 Å². The van der Waals surface area contributed by atoms with E-state index in [1.807, 2.05) is 12.1 Å². The van der Waals surface area contributed by atoms with Crippen molar-refractivity contribution in [2.45, 2.75) is 25.4 Å². The van der Waals surface area contributed by atoms with Crippen LogP contribution in [0.25, 0.3) is 10.9 Å². The second-order valence-corrected chi connectivity index (χ2v) is 11.5. The molecule has 0 unspecified atom stereocenters. The van der Waals surface area contributed by atoms with Crippen LogP contribution in [0.5, 0.6) is 23.0 Å². The molecular weight excluding hydrogens is 584 g/mol. The second-order valence-electron chi connectivity index (χ2n) is 10.7. The first-order chi connectivity index (χ1) is 21.6. The summed E-state index contributed by atoms with van der Waals surface area (Å²) in [5, 5.41) is 15.8. The molecule has 2 fully saturated rings. The number of nitrogens with one attached hydrogen (secondary N) is 1. The van der Waals surface area contributed by atoms with E-state index in [0.717, 1.165) is 62.9 Å². The number of hydrogen-bond donors (Lipinski definition) is 2. The lowest BCUT2D eigenvalue weighted by atomic mass is 10.1. The van der Waals surface area contributed by atoms with Crippen molar-refractivity contribution in [1.82, 2.24) is 19.9 Å². The summed E-state index contributed by atoms with van der Waals surface area (Å²) < 4.78 is 23.3. The number of fused-ring (bicyclic) bond motifs is 1. The summed E-state index contributed by atoms with van der Waals surface area (Å²) in [5.41, 5.74) is 1.04. The van der Waals surface area contributed by atoms with E-state index >= 15 is 0 Å². The standard InChI is InChI=1S/C31H36N6O6S/c1-40-27-17-23-24(18-28(27)42-14-2-9-36-12-15-41-16-13-36)32-8-5-26(23)43-22-3-4-29(33-19-22)35-30(39)25-20-44-31(34-25)37-10-6-21(38)7-11-37/h3-5,8,17-21,38H,2,6-7,9-16H2,1H3,(H,33,35,39). The number of aliphatic hydroxyl groups excluding tert-OH is 1. The van der Waals surface area contributed by atoms with Crippen LogP contribution >= 0.6 is 11.3 Å². The quantitative estimate of drug-likeness (QED) is 0.234. The van der Waals surface area contributed by atoms with Crippen LogP contribution < -0.4 is 24.4 Å². The number of aromatic nitrogens is 3. The van der Waals surface area contributed by atoms with E-state index in [9.17, 15) is 9.90 Å². The number of thiazole rings is 1. The fraction of sp³-hybridized carbons (Fsp3) is 0.419. The number of piperidine rings is 1. The molecule has 2 aliphatic rings. The Bertz CT molecular complexity index is 1550. The maximum Gasteiger partial charge on any atom is 0.276 e. The third-order valence-corrected chi connectivity index (χ3v) is 8.53. The van der Waals surface area contributed by atoms with Crippen LogP contribution in [-0.2, 0) is 4.74 Å². The van der Waals surface area contributed by atoms with E-state index in [-0.39, 0.29) is 12.0 Å². The molecule has 12 nitrogen and oxygen atoms in total. The number of benzene rings is 1. The highest BCUT2D eigenvalue weighted by Gasteiger charge is 2.21. The van der Waals surface area contributed by atoms with Gasteiger partial charge in [-0.1, -0.05) is 0 Å². The lowest BCUT2D eigenvalue weighted by Gasteiger charge is -2.29. The predicted octanol–water partition coefficient (Wildman–Crippen LogP) is 4.20. The number of rotatable bonds is 11. The Hall–Kier alpha value is -4.04. The van der Waals surface area contributed by atoms with Gasteiger partial charge in [-0.2, -0.15) is 0 Å². The van der Waals surface area contributed by atoms with Crippen LogP contribution in [0.1, 0.15) is 29.8 Å². The molecule has 0 aliphatic carbocycles. The molecule has 2 aliphatic heterocycles. The van der Waals surface area contributed by atoms with Gasteiger partial charge in [-0.05, 0) is 43.5 Å². The summed E-state index contributed by atoms with van der Waals surface area (Å²) in [6.45, 7) is 6.46. The zero-order valence-corrected chi connectivity index (χ0v) is 25.4. The van der Waals surface area contributed by atoms with Gasteiger partial charge >= 0.3 is 0 Å². The van der Waals surface area contributed by atoms with E-state index < -0.39 is 0 Å². The number of anilines is 2. The Kier molecular flexibility index (Phi) is 9.66. The summed E-state index contributed by atoms with van der Waals surface area (Å²) in [5.74, 6) is 2.37. The molecule has 1 amide bonds. The molecule has 0 radical (unpaired) electrons. The van der Waals surface area contributed by atoms with Gasteiger partial charge < -0.3 is 34.3 Å². The Morgan fingerprint density at radius 3 is 2.70 bits per heavy atom. The maximum atomic E-state index is 12.8. The second kappa shape index (κ2) is 14.2. The Morgan fingerprint density at radius 1 is 1.09 bits per heavy atom. The van der Waals surface area contributed by atoms with Gasteiger partial charge in [-0.25, -0.2) is 9.97 Å². The Morgan fingerprint density at radius 2 is 1.93 bits per heavy atom. The molecule has 0 spiro atoms. The minimum Gasteiger partial charge on any atom is -0.493 e. The summed E-state index contributed by atoms with van der Waals surface area (Å²) in [6.07, 6.45) is 5.28. The molecule has 1 aromatic carbocycles. The molecule has 2 saturated heterocycles. The number of carbonyl (C=O) groups is 1. The minimum atomic E-state index is -0.336. The molecule has 13 heteroatoms. The number of amides is 1. The number of carbonyl (C=O) groups excluding carboxylic acids is 1. The zero-order valence-electron chi connectivity index (χ0n) is 24.6. The smallest absolute Gasteiger partial charge is 0.276 e. The lowest BCUT2D eigenvalue weighted by molar-refractivity contribution is 0.0357. The Balaban J connectivity index is 1.07. The van der Waals surface area contributed by atoms with Gasteiger partial charge in [0.05, 0.1) is 44.7 Å². The van der Waals surface area contributed by atoms with Crippen molar-refractivity contribution < 1.29 is 28.8 Å². The van der Waals surface area contributed by atoms with Gasteiger partial charge in [0.25, 0.3) is 5.91 Å². The summed E-state index contributed by atoms with van der Waals surface area (Å²) in [6, 6.07) is 8.93. The fourth-order valence-electron chi connectivity index (χ4n) is 5.18. The molecule has 44 heavy (non-hydrogen) atoms. The topological polar surface area (TPSA) is 131 Å². The van der Waals surface area contributed by atoms with Crippen LogP contribution in [0, 0.1) is 0 Å². The predicted molar refractivity (Wildman–Crippen MR) is 167 cm³/mol. The van der Waals surface area contributed by atoms with Crippen LogP contribution in [0.3, 0.4) is 0 Å². The average Bonchev–Trinajstić information content (AvgIpc) is 3.55. The van der Waals surface area contributed by atoms with Crippen LogP contribution in [-0.4, -0.2) is 96.6 Å². The molecule has 5 heterocycles. The summed E-state index contributed by atoms with van der Waals surface area (Å²) in [4.78, 5) is 30.6. The van der Waals surface area contributed by atoms with Gasteiger partial charge in [0.2, 0.25) is 0 Å². The molecule has 0 atom stereocenters. The molecule has 232 valence electrons. The van der Waals surface area contributed by atoms with E-state index in [1.165, 1.54) is 11.3 Å². The lowest BCUT2D eigenvalue weighted by Crippen LogP contribution is -2.37. The summed E-state index contributed by atoms with van der Waals surface area (Å²) in [7, 11) is 1.61. The van der Waals surface area contributed by atoms with Crippen molar-refractivity contribution >= 4 is 39.1 Å². The van der Waals surface area contributed by atoms with Gasteiger partial charge in [0, 0.05) is 55.8 Å². The molecule has 6 rings (SSSR count). The SMILES string of the molecule is COc1cc2c(Oc3ccc(NC(=O)c4csc(N5CCC(O)CC5)n4)nc3)ccnc2cc1OCCCN1CCOCC1. The number of morpholine rings is 1. The third kappa shape index (κ3) is 7.36. The van der Waals surface area contributed by atoms with Crippen molar-refractivity contribution in [2.24, 2.45) is 0 Å². The maximum absolute atomic E-state index is 12.8.